The SMILES string of the molecule is O=CCN(Cc1ccc(Cl)nc1)c1ccccn1. The highest BCUT2D eigenvalue weighted by Crippen LogP contribution is 2.13. The van der Waals surface area contributed by atoms with Crippen molar-refractivity contribution in [3.05, 3.63) is 53.4 Å². The molecule has 5 heteroatoms. The zero-order chi connectivity index (χ0) is 12.8. The van der Waals surface area contributed by atoms with Crippen LogP contribution in [0, 0.1) is 0 Å². The molecular weight excluding hydrogens is 250 g/mol. The van der Waals surface area contributed by atoms with Gasteiger partial charge in [-0.3, -0.25) is 0 Å². The molecule has 0 spiro atoms. The summed E-state index contributed by atoms with van der Waals surface area (Å²) < 4.78 is 0. The second-order valence-electron chi connectivity index (χ2n) is 3.72. The first-order valence-corrected chi connectivity index (χ1v) is 5.87. The third-order valence-electron chi connectivity index (χ3n) is 2.43. The molecule has 0 N–H and O–H groups in total. The Labute approximate surface area is 110 Å². The van der Waals surface area contributed by atoms with Gasteiger partial charge in [0, 0.05) is 18.9 Å². The molecule has 2 aromatic heterocycles. The second-order valence-corrected chi connectivity index (χ2v) is 4.11. The Morgan fingerprint density at radius 1 is 1.22 bits per heavy atom. The van der Waals surface area contributed by atoms with Crippen molar-refractivity contribution in [2.24, 2.45) is 0 Å². The summed E-state index contributed by atoms with van der Waals surface area (Å²) in [6.07, 6.45) is 4.26. The number of rotatable bonds is 5. The van der Waals surface area contributed by atoms with E-state index in [-0.39, 0.29) is 0 Å². The smallest absolute Gasteiger partial charge is 0.139 e. The molecule has 4 nitrogen and oxygen atoms in total. The Bertz CT molecular complexity index is 501. The fourth-order valence-corrected chi connectivity index (χ4v) is 1.70. The van der Waals surface area contributed by atoms with Crippen LogP contribution in [0.1, 0.15) is 5.56 Å². The van der Waals surface area contributed by atoms with Crippen molar-refractivity contribution in [2.75, 3.05) is 11.4 Å². The highest BCUT2D eigenvalue weighted by molar-refractivity contribution is 6.29. The van der Waals surface area contributed by atoms with Gasteiger partial charge in [0.2, 0.25) is 0 Å². The molecule has 0 aliphatic rings. The minimum Gasteiger partial charge on any atom is -0.345 e. The number of anilines is 1. The molecule has 0 saturated carbocycles. The van der Waals surface area contributed by atoms with Crippen LogP contribution in [-0.2, 0) is 11.3 Å². The fourth-order valence-electron chi connectivity index (χ4n) is 1.59. The number of halogens is 1. The van der Waals surface area contributed by atoms with Crippen molar-refractivity contribution in [3.8, 4) is 0 Å². The van der Waals surface area contributed by atoms with Gasteiger partial charge in [-0.25, -0.2) is 9.97 Å². The predicted molar refractivity (Wildman–Crippen MR) is 70.6 cm³/mol. The zero-order valence-corrected chi connectivity index (χ0v) is 10.4. The number of nitrogens with zero attached hydrogens (tertiary/aromatic N) is 3. The average Bonchev–Trinajstić information content (AvgIpc) is 2.42. The third kappa shape index (κ3) is 3.28. The van der Waals surface area contributed by atoms with Gasteiger partial charge in [-0.15, -0.1) is 0 Å². The van der Waals surface area contributed by atoms with E-state index in [1.54, 1.807) is 18.5 Å². The lowest BCUT2D eigenvalue weighted by atomic mass is 10.2. The summed E-state index contributed by atoms with van der Waals surface area (Å²) in [5.41, 5.74) is 0.979. The van der Waals surface area contributed by atoms with Gasteiger partial charge in [0.05, 0.1) is 6.54 Å². The minimum absolute atomic E-state index is 0.291. The molecule has 2 heterocycles. The van der Waals surface area contributed by atoms with E-state index < -0.39 is 0 Å². The Morgan fingerprint density at radius 3 is 2.72 bits per heavy atom. The Kier molecular flexibility index (Phi) is 4.25. The topological polar surface area (TPSA) is 46.1 Å². The van der Waals surface area contributed by atoms with Gasteiger partial charge >= 0.3 is 0 Å². The van der Waals surface area contributed by atoms with Crippen molar-refractivity contribution >= 4 is 23.7 Å². The molecule has 0 atom stereocenters. The number of aromatic nitrogens is 2. The Hall–Kier alpha value is -1.94. The van der Waals surface area contributed by atoms with Gasteiger partial charge in [0.25, 0.3) is 0 Å². The molecule has 2 rings (SSSR count). The highest BCUT2D eigenvalue weighted by atomic mass is 35.5. The van der Waals surface area contributed by atoms with Gasteiger partial charge in [0.15, 0.2) is 0 Å². The van der Waals surface area contributed by atoms with Gasteiger partial charge < -0.3 is 9.69 Å². The molecule has 0 aliphatic heterocycles. The van der Waals surface area contributed by atoms with Crippen molar-refractivity contribution in [1.82, 2.24) is 9.97 Å². The lowest BCUT2D eigenvalue weighted by molar-refractivity contribution is -0.106. The standard InChI is InChI=1S/C13H12ClN3O/c14-12-5-4-11(9-16-12)10-17(7-8-18)13-3-1-2-6-15-13/h1-6,8-9H,7,10H2. The van der Waals surface area contributed by atoms with Crippen molar-refractivity contribution in [3.63, 3.8) is 0 Å². The number of hydrogen-bond donors (Lipinski definition) is 0. The van der Waals surface area contributed by atoms with E-state index in [4.69, 9.17) is 11.6 Å². The van der Waals surface area contributed by atoms with Crippen LogP contribution in [0.3, 0.4) is 0 Å². The number of aldehydes is 1. The van der Waals surface area contributed by atoms with Gasteiger partial charge in [-0.05, 0) is 23.8 Å². The van der Waals surface area contributed by atoms with Crippen LogP contribution in [0.2, 0.25) is 5.15 Å². The lowest BCUT2D eigenvalue weighted by Crippen LogP contribution is -2.25. The molecule has 0 radical (unpaired) electrons. The monoisotopic (exact) mass is 261 g/mol. The first-order valence-electron chi connectivity index (χ1n) is 5.49. The predicted octanol–water partition coefficient (Wildman–Crippen LogP) is 2.34. The molecule has 18 heavy (non-hydrogen) atoms. The number of hydrogen-bond acceptors (Lipinski definition) is 4. The molecule has 0 saturated heterocycles. The normalized spacial score (nSPS) is 10.1. The van der Waals surface area contributed by atoms with Crippen LogP contribution < -0.4 is 4.90 Å². The van der Waals surface area contributed by atoms with Crippen LogP contribution in [0.25, 0.3) is 0 Å². The van der Waals surface area contributed by atoms with E-state index in [0.717, 1.165) is 17.7 Å². The number of carbonyl (C=O) groups is 1. The van der Waals surface area contributed by atoms with E-state index in [0.29, 0.717) is 18.2 Å². The molecule has 0 unspecified atom stereocenters. The molecule has 2 aromatic rings. The van der Waals surface area contributed by atoms with Crippen LogP contribution in [0.5, 0.6) is 0 Å². The largest absolute Gasteiger partial charge is 0.345 e. The second kappa shape index (κ2) is 6.12. The quantitative estimate of drug-likeness (QED) is 0.612. The number of carbonyl (C=O) groups excluding carboxylic acids is 1. The van der Waals surface area contributed by atoms with E-state index in [9.17, 15) is 4.79 Å². The molecular formula is C13H12ClN3O. The van der Waals surface area contributed by atoms with Crippen LogP contribution >= 0.6 is 11.6 Å². The van der Waals surface area contributed by atoms with Crippen molar-refractivity contribution < 1.29 is 4.79 Å². The molecule has 0 bridgehead atoms. The van der Waals surface area contributed by atoms with E-state index in [1.807, 2.05) is 29.2 Å². The van der Waals surface area contributed by atoms with E-state index in [2.05, 4.69) is 9.97 Å². The fraction of sp³-hybridized carbons (Fsp3) is 0.154. The molecule has 0 aromatic carbocycles. The zero-order valence-electron chi connectivity index (χ0n) is 9.66. The summed E-state index contributed by atoms with van der Waals surface area (Å²) in [6.45, 7) is 0.861. The average molecular weight is 262 g/mol. The van der Waals surface area contributed by atoms with Gasteiger partial charge in [-0.1, -0.05) is 23.7 Å². The van der Waals surface area contributed by atoms with E-state index in [1.165, 1.54) is 0 Å². The van der Waals surface area contributed by atoms with Crippen LogP contribution in [-0.4, -0.2) is 22.8 Å². The van der Waals surface area contributed by atoms with Gasteiger partial charge in [-0.2, -0.15) is 0 Å². The Morgan fingerprint density at radius 2 is 2.11 bits per heavy atom. The first kappa shape index (κ1) is 12.5. The highest BCUT2D eigenvalue weighted by Gasteiger charge is 2.07. The third-order valence-corrected chi connectivity index (χ3v) is 2.65. The molecule has 0 aliphatic carbocycles. The Balaban J connectivity index is 2.16. The molecule has 92 valence electrons. The molecule has 0 fully saturated rings. The maximum atomic E-state index is 10.7. The van der Waals surface area contributed by atoms with Crippen LogP contribution in [0.4, 0.5) is 5.82 Å². The summed E-state index contributed by atoms with van der Waals surface area (Å²) in [4.78, 5) is 20.8. The first-order chi connectivity index (χ1) is 8.79. The molecule has 0 amide bonds. The maximum Gasteiger partial charge on any atom is 0.139 e. The lowest BCUT2D eigenvalue weighted by Gasteiger charge is -2.20. The van der Waals surface area contributed by atoms with Crippen molar-refractivity contribution in [2.45, 2.75) is 6.54 Å². The summed E-state index contributed by atoms with van der Waals surface area (Å²) >= 11 is 5.73. The van der Waals surface area contributed by atoms with Gasteiger partial charge in [0.1, 0.15) is 17.3 Å². The van der Waals surface area contributed by atoms with E-state index >= 15 is 0 Å². The van der Waals surface area contributed by atoms with Crippen molar-refractivity contribution in [1.29, 1.82) is 0 Å². The summed E-state index contributed by atoms with van der Waals surface area (Å²) in [6, 6.07) is 9.21. The minimum atomic E-state index is 0.291. The summed E-state index contributed by atoms with van der Waals surface area (Å²) in [5, 5.41) is 0.457. The maximum absolute atomic E-state index is 10.7. The number of pyridine rings is 2. The van der Waals surface area contributed by atoms with Crippen LogP contribution in [0.15, 0.2) is 42.7 Å². The summed E-state index contributed by atoms with van der Waals surface area (Å²) in [5.74, 6) is 0.763. The summed E-state index contributed by atoms with van der Waals surface area (Å²) in [7, 11) is 0.